The number of aliphatic carboxylic acids is 1. The van der Waals surface area contributed by atoms with E-state index in [-0.39, 0.29) is 23.4 Å². The number of carbonyl (C=O) groups is 1. The molecule has 0 amide bonds. The van der Waals surface area contributed by atoms with Gasteiger partial charge in [0.05, 0.1) is 18.6 Å². The van der Waals surface area contributed by atoms with Crippen molar-refractivity contribution in [2.45, 2.75) is 38.5 Å². The van der Waals surface area contributed by atoms with Crippen LogP contribution in [0.5, 0.6) is 0 Å². The second-order valence-corrected chi connectivity index (χ2v) is 11.1. The predicted octanol–water partition coefficient (Wildman–Crippen LogP) is 1.14. The maximum absolute atomic E-state index is 10.7. The van der Waals surface area contributed by atoms with Gasteiger partial charge in [-0.05, 0) is 43.5 Å². The molecular weight excluding hydrogens is 459 g/mol. The van der Waals surface area contributed by atoms with Crippen molar-refractivity contribution in [1.29, 1.82) is 0 Å². The third-order valence-electron chi connectivity index (χ3n) is 5.41. The summed E-state index contributed by atoms with van der Waals surface area (Å²) in [6, 6.07) is 21.8. The quantitative estimate of drug-likeness (QED) is 0.325. The number of halogens is 1. The van der Waals surface area contributed by atoms with Gasteiger partial charge in [-0.15, -0.1) is 0 Å². The molecule has 0 unspecified atom stereocenters. The summed E-state index contributed by atoms with van der Waals surface area (Å²) in [6.07, 6.45) is 10.7. The summed E-state index contributed by atoms with van der Waals surface area (Å²) in [5.74, 6) is -0.695. The molecule has 0 atom stereocenters. The number of hydrogen-bond donors (Lipinski definition) is 1. The first-order valence-electron chi connectivity index (χ1n) is 10.3. The number of rotatable bonds is 11. The van der Waals surface area contributed by atoms with E-state index in [1.54, 1.807) is 0 Å². The van der Waals surface area contributed by atoms with E-state index in [1.165, 1.54) is 15.9 Å². The fourth-order valence-corrected chi connectivity index (χ4v) is 8.30. The number of aryl methyl sites for hydroxylation is 1. The molecule has 6 heteroatoms. The third-order valence-corrected chi connectivity index (χ3v) is 9.87. The monoisotopic (exact) mass is 488 g/mol. The topological polar surface area (TPSA) is 55.1 Å². The average molecular weight is 489 g/mol. The van der Waals surface area contributed by atoms with Crippen LogP contribution in [0.3, 0.4) is 0 Å². The van der Waals surface area contributed by atoms with Gasteiger partial charge in [0, 0.05) is 13.5 Å². The Labute approximate surface area is 190 Å². The molecule has 0 aliphatic carbocycles. The summed E-state index contributed by atoms with van der Waals surface area (Å²) in [5.41, 5.74) is 0. The van der Waals surface area contributed by atoms with Crippen molar-refractivity contribution in [3.05, 3.63) is 73.1 Å². The maximum atomic E-state index is 10.7. The first kappa shape index (κ1) is 24.3. The molecule has 2 aromatic carbocycles. The Bertz CT molecular complexity index is 860. The van der Waals surface area contributed by atoms with Gasteiger partial charge in [-0.25, -0.2) is 0 Å². The molecule has 0 radical (unpaired) electrons. The van der Waals surface area contributed by atoms with Gasteiger partial charge >= 0.3 is 5.97 Å². The number of aromatic nitrogens is 2. The number of carboxylic acid groups (broad SMARTS) is 1. The highest BCUT2D eigenvalue weighted by Gasteiger charge is 2.45. The molecule has 1 heterocycles. The smallest absolute Gasteiger partial charge is 0.303 e. The lowest BCUT2D eigenvalue weighted by Gasteiger charge is -2.26. The van der Waals surface area contributed by atoms with Crippen LogP contribution in [0, 0.1) is 0 Å². The highest BCUT2D eigenvalue weighted by Crippen LogP contribution is 2.55. The zero-order valence-electron chi connectivity index (χ0n) is 17.5. The number of unbranched alkanes of at least 4 members (excludes halogenated alkanes) is 4. The standard InChI is InChI=1S/C24H29N2O2P.BrH/c1-26-20-23(19-25-26)29(21-13-7-5-8-14-21,22-15-9-6-10-16-22)18-12-4-2-3-11-17-24(27)28;/h5-10,13-16,19-20H,2-4,11-12,17-18H2,1H3;1H. The Kier molecular flexibility index (Phi) is 9.74. The molecule has 1 aromatic heterocycles. The molecule has 0 bridgehead atoms. The zero-order chi connectivity index (χ0) is 20.5. The van der Waals surface area contributed by atoms with Crippen molar-refractivity contribution < 1.29 is 26.9 Å². The van der Waals surface area contributed by atoms with Crippen molar-refractivity contribution in [3.63, 3.8) is 0 Å². The molecular formula is C24H30BrN2O2P. The Hall–Kier alpha value is -1.97. The minimum Gasteiger partial charge on any atom is -1.00 e. The molecule has 0 spiro atoms. The van der Waals surface area contributed by atoms with Crippen molar-refractivity contribution >= 4 is 29.1 Å². The van der Waals surface area contributed by atoms with Crippen LogP contribution in [0.4, 0.5) is 0 Å². The molecule has 3 aromatic rings. The van der Waals surface area contributed by atoms with Crippen LogP contribution in [0.15, 0.2) is 73.1 Å². The van der Waals surface area contributed by atoms with Gasteiger partial charge in [0.25, 0.3) is 0 Å². The molecule has 0 saturated carbocycles. The second kappa shape index (κ2) is 12.0. The van der Waals surface area contributed by atoms with Gasteiger partial charge in [0.1, 0.15) is 23.2 Å². The first-order valence-corrected chi connectivity index (χ1v) is 12.3. The first-order chi connectivity index (χ1) is 14.1. The number of nitrogens with zero attached hydrogens (tertiary/aromatic N) is 2. The SMILES string of the molecule is Cn1cc([P+](CCCCCCCC(=O)O)(c2ccccc2)c2ccccc2)cn1.[Br-]. The Morgan fingerprint density at radius 2 is 1.40 bits per heavy atom. The normalized spacial score (nSPS) is 11.1. The van der Waals surface area contributed by atoms with Gasteiger partial charge in [0.15, 0.2) is 0 Å². The molecule has 0 saturated heterocycles. The predicted molar refractivity (Wildman–Crippen MR) is 122 cm³/mol. The van der Waals surface area contributed by atoms with E-state index < -0.39 is 13.2 Å². The van der Waals surface area contributed by atoms with E-state index >= 15 is 0 Å². The molecule has 4 nitrogen and oxygen atoms in total. The molecule has 160 valence electrons. The lowest BCUT2D eigenvalue weighted by molar-refractivity contribution is -0.137. The van der Waals surface area contributed by atoms with Crippen LogP contribution in [-0.4, -0.2) is 27.0 Å². The highest BCUT2D eigenvalue weighted by atomic mass is 79.9. The second-order valence-electron chi connectivity index (χ2n) is 7.49. The van der Waals surface area contributed by atoms with Crippen LogP contribution in [-0.2, 0) is 11.8 Å². The van der Waals surface area contributed by atoms with Crippen molar-refractivity contribution in [1.82, 2.24) is 9.78 Å². The van der Waals surface area contributed by atoms with Crippen molar-refractivity contribution in [2.24, 2.45) is 7.05 Å². The van der Waals surface area contributed by atoms with Crippen LogP contribution in [0.2, 0.25) is 0 Å². The summed E-state index contributed by atoms with van der Waals surface area (Å²) in [5, 5.41) is 17.4. The number of benzene rings is 2. The molecule has 3 rings (SSSR count). The minimum absolute atomic E-state index is 0. The molecule has 0 aliphatic heterocycles. The van der Waals surface area contributed by atoms with E-state index in [0.717, 1.165) is 38.3 Å². The molecule has 1 N–H and O–H groups in total. The minimum atomic E-state index is -1.78. The van der Waals surface area contributed by atoms with Crippen LogP contribution in [0.1, 0.15) is 38.5 Å². The van der Waals surface area contributed by atoms with E-state index in [0.29, 0.717) is 0 Å². The summed E-state index contributed by atoms with van der Waals surface area (Å²) >= 11 is 0. The van der Waals surface area contributed by atoms with E-state index in [9.17, 15) is 4.79 Å². The van der Waals surface area contributed by atoms with Crippen LogP contribution < -0.4 is 32.9 Å². The van der Waals surface area contributed by atoms with Gasteiger partial charge in [-0.3, -0.25) is 9.48 Å². The van der Waals surface area contributed by atoms with Gasteiger partial charge in [-0.1, -0.05) is 49.2 Å². The lowest BCUT2D eigenvalue weighted by atomic mass is 10.1. The molecule has 0 fully saturated rings. The summed E-state index contributed by atoms with van der Waals surface area (Å²) < 4.78 is 1.90. The zero-order valence-corrected chi connectivity index (χ0v) is 19.9. The lowest BCUT2D eigenvalue weighted by Crippen LogP contribution is -3.00. The summed E-state index contributed by atoms with van der Waals surface area (Å²) in [7, 11) is 0.202. The maximum Gasteiger partial charge on any atom is 0.303 e. The Morgan fingerprint density at radius 1 is 0.867 bits per heavy atom. The third kappa shape index (κ3) is 6.02. The van der Waals surface area contributed by atoms with Crippen LogP contribution in [0.25, 0.3) is 0 Å². The highest BCUT2D eigenvalue weighted by molar-refractivity contribution is 7.95. The fourth-order valence-electron chi connectivity index (χ4n) is 3.96. The number of hydrogen-bond acceptors (Lipinski definition) is 2. The largest absolute Gasteiger partial charge is 1.00 e. The van der Waals surface area contributed by atoms with E-state index in [1.807, 2.05) is 17.9 Å². The van der Waals surface area contributed by atoms with Gasteiger partial charge in [0.2, 0.25) is 0 Å². The van der Waals surface area contributed by atoms with Crippen LogP contribution >= 0.6 is 7.26 Å². The fraction of sp³-hybridized carbons (Fsp3) is 0.333. The van der Waals surface area contributed by atoms with Gasteiger partial charge < -0.3 is 22.1 Å². The van der Waals surface area contributed by atoms with E-state index in [2.05, 4.69) is 72.0 Å². The average Bonchev–Trinajstić information content (AvgIpc) is 3.18. The van der Waals surface area contributed by atoms with Gasteiger partial charge in [-0.2, -0.15) is 5.10 Å². The van der Waals surface area contributed by atoms with Crippen molar-refractivity contribution in [2.75, 3.05) is 6.16 Å². The number of carboxylic acids is 1. The molecule has 30 heavy (non-hydrogen) atoms. The molecule has 0 aliphatic rings. The Morgan fingerprint density at radius 3 is 1.90 bits per heavy atom. The summed E-state index contributed by atoms with van der Waals surface area (Å²) in [6.45, 7) is 0. The van der Waals surface area contributed by atoms with Crippen molar-refractivity contribution in [3.8, 4) is 0 Å². The Balaban J connectivity index is 0.00000320. The summed E-state index contributed by atoms with van der Waals surface area (Å²) in [4.78, 5) is 10.7. The van der Waals surface area contributed by atoms with E-state index in [4.69, 9.17) is 5.11 Å².